The van der Waals surface area contributed by atoms with Gasteiger partial charge in [-0.1, -0.05) is 36.0 Å². The van der Waals surface area contributed by atoms with Gasteiger partial charge in [-0.05, 0) is 49.2 Å². The Kier molecular flexibility index (Phi) is 5.96. The average Bonchev–Trinajstić information content (AvgIpc) is 3.58. The number of aromatic nitrogens is 2. The normalized spacial score (nSPS) is 15.9. The van der Waals surface area contributed by atoms with Crippen molar-refractivity contribution in [3.05, 3.63) is 73.1 Å². The molecular weight excluding hydrogens is 440 g/mol. The summed E-state index contributed by atoms with van der Waals surface area (Å²) in [4.78, 5) is 32.4. The van der Waals surface area contributed by atoms with E-state index in [0.717, 1.165) is 32.4 Å². The van der Waals surface area contributed by atoms with Crippen molar-refractivity contribution in [2.45, 2.75) is 23.2 Å². The summed E-state index contributed by atoms with van der Waals surface area (Å²) in [7, 11) is 0. The second kappa shape index (κ2) is 9.18. The molecule has 0 spiro atoms. The van der Waals surface area contributed by atoms with Crippen molar-refractivity contribution in [2.24, 2.45) is 0 Å². The van der Waals surface area contributed by atoms with Gasteiger partial charge >= 0.3 is 0 Å². The average molecular weight is 463 g/mol. The van der Waals surface area contributed by atoms with Crippen LogP contribution in [0.25, 0.3) is 15.9 Å². The number of amides is 2. The summed E-state index contributed by atoms with van der Waals surface area (Å²) in [5.41, 5.74) is 2.58. The molecule has 3 heterocycles. The lowest BCUT2D eigenvalue weighted by atomic mass is 10.2. The summed E-state index contributed by atoms with van der Waals surface area (Å²) in [6.45, 7) is 0.608. The van der Waals surface area contributed by atoms with Gasteiger partial charge in [-0.25, -0.2) is 4.98 Å². The minimum Gasteiger partial charge on any atom is -0.330 e. The summed E-state index contributed by atoms with van der Waals surface area (Å²) >= 11 is 3.03. The Balaban J connectivity index is 1.25. The van der Waals surface area contributed by atoms with E-state index in [1.165, 1.54) is 11.8 Å². The van der Waals surface area contributed by atoms with E-state index in [9.17, 15) is 9.59 Å². The molecule has 32 heavy (non-hydrogen) atoms. The van der Waals surface area contributed by atoms with Gasteiger partial charge in [0.2, 0.25) is 11.8 Å². The number of likely N-dealkylation sites (tertiary alicyclic amines) is 1. The molecule has 1 atom stereocenters. The van der Waals surface area contributed by atoms with E-state index in [-0.39, 0.29) is 17.6 Å². The highest BCUT2D eigenvalue weighted by atomic mass is 32.2. The lowest BCUT2D eigenvalue weighted by molar-refractivity contribution is -0.134. The SMILES string of the molecule is O=C(Nc1ccccc1-n1cccc1)[C@H]1CCCN1C(=O)CSc1nc2ccccc2s1. The molecule has 5 rings (SSSR count). The van der Waals surface area contributed by atoms with Crippen molar-refractivity contribution in [1.82, 2.24) is 14.5 Å². The number of thiazole rings is 1. The Bertz CT molecular complexity index is 1220. The quantitative estimate of drug-likeness (QED) is 0.418. The Labute approximate surface area is 194 Å². The lowest BCUT2D eigenvalue weighted by Crippen LogP contribution is -2.44. The van der Waals surface area contributed by atoms with Gasteiger partial charge in [0.25, 0.3) is 0 Å². The maximum absolute atomic E-state index is 13.1. The van der Waals surface area contributed by atoms with E-state index in [2.05, 4.69) is 10.3 Å². The Morgan fingerprint density at radius 1 is 1.06 bits per heavy atom. The number of carbonyl (C=O) groups is 2. The predicted molar refractivity (Wildman–Crippen MR) is 129 cm³/mol. The molecule has 0 unspecified atom stereocenters. The molecule has 6 nitrogen and oxygen atoms in total. The molecule has 1 saturated heterocycles. The second-order valence-corrected chi connectivity index (χ2v) is 9.83. The molecule has 4 aromatic rings. The summed E-state index contributed by atoms with van der Waals surface area (Å²) in [5, 5.41) is 3.05. The molecule has 8 heteroatoms. The minimum absolute atomic E-state index is 0.0226. The van der Waals surface area contributed by atoms with Crippen molar-refractivity contribution < 1.29 is 9.59 Å². The topological polar surface area (TPSA) is 67.2 Å². The molecule has 2 aromatic carbocycles. The number of hydrogen-bond donors (Lipinski definition) is 1. The van der Waals surface area contributed by atoms with Crippen LogP contribution < -0.4 is 5.32 Å². The molecular formula is C24H22N4O2S2. The van der Waals surface area contributed by atoms with Crippen LogP contribution in [0.1, 0.15) is 12.8 Å². The van der Waals surface area contributed by atoms with Gasteiger partial charge in [-0.2, -0.15) is 0 Å². The van der Waals surface area contributed by atoms with Crippen molar-refractivity contribution in [1.29, 1.82) is 0 Å². The first-order valence-corrected chi connectivity index (χ1v) is 12.3. The van der Waals surface area contributed by atoms with Gasteiger partial charge in [0.15, 0.2) is 4.34 Å². The van der Waals surface area contributed by atoms with Crippen LogP contribution in [0.3, 0.4) is 0 Å². The summed E-state index contributed by atoms with van der Waals surface area (Å²) in [6.07, 6.45) is 5.38. The van der Waals surface area contributed by atoms with Gasteiger partial charge in [0.05, 0.1) is 27.3 Å². The van der Waals surface area contributed by atoms with Crippen molar-refractivity contribution in [3.63, 3.8) is 0 Å². The highest BCUT2D eigenvalue weighted by Gasteiger charge is 2.34. The first-order chi connectivity index (χ1) is 15.7. The molecule has 0 aliphatic carbocycles. The fraction of sp³-hybridized carbons (Fsp3) is 0.208. The van der Waals surface area contributed by atoms with Gasteiger partial charge < -0.3 is 14.8 Å². The fourth-order valence-electron chi connectivity index (χ4n) is 3.97. The fourth-order valence-corrected chi connectivity index (χ4v) is 5.93. The summed E-state index contributed by atoms with van der Waals surface area (Å²) in [6, 6.07) is 19.1. The molecule has 0 saturated carbocycles. The number of nitrogens with one attached hydrogen (secondary N) is 1. The zero-order valence-electron chi connectivity index (χ0n) is 17.3. The smallest absolute Gasteiger partial charge is 0.247 e. The predicted octanol–water partition coefficient (Wildman–Crippen LogP) is 4.81. The van der Waals surface area contributed by atoms with Crippen LogP contribution in [-0.4, -0.2) is 44.6 Å². The monoisotopic (exact) mass is 462 g/mol. The van der Waals surface area contributed by atoms with E-state index in [1.807, 2.05) is 77.6 Å². The standard InChI is InChI=1S/C24H22N4O2S2/c29-22(16-31-24-26-18-9-2-4-12-21(18)32-24)28-15-7-11-20(28)23(30)25-17-8-1-3-10-19(17)27-13-5-6-14-27/h1-6,8-10,12-14,20H,7,11,15-16H2,(H,25,30)/t20-/m1/s1. The zero-order valence-corrected chi connectivity index (χ0v) is 18.9. The third kappa shape index (κ3) is 4.28. The first-order valence-electron chi connectivity index (χ1n) is 10.5. The van der Waals surface area contributed by atoms with E-state index in [4.69, 9.17) is 0 Å². The molecule has 1 aliphatic rings. The molecule has 1 N–H and O–H groups in total. The Hall–Kier alpha value is -3.10. The Morgan fingerprint density at radius 3 is 2.69 bits per heavy atom. The number of hydrogen-bond acceptors (Lipinski definition) is 5. The van der Waals surface area contributed by atoms with Crippen LogP contribution in [0.4, 0.5) is 5.69 Å². The molecule has 2 amide bonds. The zero-order chi connectivity index (χ0) is 21.9. The second-order valence-electron chi connectivity index (χ2n) is 7.58. The van der Waals surface area contributed by atoms with Gasteiger partial charge in [0.1, 0.15) is 6.04 Å². The molecule has 2 aromatic heterocycles. The molecule has 0 bridgehead atoms. The maximum Gasteiger partial charge on any atom is 0.247 e. The number of nitrogens with zero attached hydrogens (tertiary/aromatic N) is 3. The largest absolute Gasteiger partial charge is 0.330 e. The third-order valence-corrected chi connectivity index (χ3v) is 7.68. The minimum atomic E-state index is -0.448. The molecule has 1 fully saturated rings. The molecule has 162 valence electrons. The number of carbonyl (C=O) groups excluding carboxylic acids is 2. The number of thioether (sulfide) groups is 1. The van der Waals surface area contributed by atoms with E-state index in [0.29, 0.717) is 13.0 Å². The van der Waals surface area contributed by atoms with E-state index in [1.54, 1.807) is 16.2 Å². The van der Waals surface area contributed by atoms with Crippen molar-refractivity contribution >= 4 is 50.8 Å². The van der Waals surface area contributed by atoms with E-state index >= 15 is 0 Å². The van der Waals surface area contributed by atoms with Gasteiger partial charge in [0, 0.05) is 18.9 Å². The van der Waals surface area contributed by atoms with Crippen LogP contribution in [0.5, 0.6) is 0 Å². The molecule has 1 aliphatic heterocycles. The van der Waals surface area contributed by atoms with Crippen LogP contribution in [-0.2, 0) is 9.59 Å². The van der Waals surface area contributed by atoms with Crippen LogP contribution in [0.15, 0.2) is 77.4 Å². The number of benzene rings is 2. The maximum atomic E-state index is 13.1. The van der Waals surface area contributed by atoms with E-state index < -0.39 is 6.04 Å². The highest BCUT2D eigenvalue weighted by molar-refractivity contribution is 8.01. The highest BCUT2D eigenvalue weighted by Crippen LogP contribution is 2.30. The van der Waals surface area contributed by atoms with Crippen molar-refractivity contribution in [3.8, 4) is 5.69 Å². The lowest BCUT2D eigenvalue weighted by Gasteiger charge is -2.24. The molecule has 0 radical (unpaired) electrons. The Morgan fingerprint density at radius 2 is 1.84 bits per heavy atom. The van der Waals surface area contributed by atoms with Gasteiger partial charge in [-0.15, -0.1) is 11.3 Å². The summed E-state index contributed by atoms with van der Waals surface area (Å²) in [5.74, 6) is 0.120. The first kappa shape index (κ1) is 20.8. The number of fused-ring (bicyclic) bond motifs is 1. The summed E-state index contributed by atoms with van der Waals surface area (Å²) < 4.78 is 3.95. The number of rotatable bonds is 6. The van der Waals surface area contributed by atoms with Crippen LogP contribution in [0.2, 0.25) is 0 Å². The van der Waals surface area contributed by atoms with Gasteiger partial charge in [-0.3, -0.25) is 9.59 Å². The van der Waals surface area contributed by atoms with Crippen LogP contribution in [0, 0.1) is 0 Å². The number of para-hydroxylation sites is 3. The van der Waals surface area contributed by atoms with Crippen molar-refractivity contribution in [2.75, 3.05) is 17.6 Å². The number of anilines is 1. The van der Waals surface area contributed by atoms with Crippen LogP contribution >= 0.6 is 23.1 Å². The third-order valence-electron chi connectivity index (χ3n) is 5.51.